The second kappa shape index (κ2) is 5.27. The van der Waals surface area contributed by atoms with Gasteiger partial charge in [-0.1, -0.05) is 0 Å². The van der Waals surface area contributed by atoms with Crippen LogP contribution in [0.5, 0.6) is 0 Å². The lowest BCUT2D eigenvalue weighted by Crippen LogP contribution is -2.33. The van der Waals surface area contributed by atoms with Crippen molar-refractivity contribution < 1.29 is 9.90 Å². The topological polar surface area (TPSA) is 53.4 Å². The number of halogens is 1. The molecule has 0 amide bonds. The molecular formula is C11H13BrN2O2S. The minimum Gasteiger partial charge on any atom is -0.478 e. The minimum absolute atomic E-state index is 0.249. The van der Waals surface area contributed by atoms with E-state index in [1.54, 1.807) is 12.3 Å². The van der Waals surface area contributed by atoms with Crippen molar-refractivity contribution in [3.8, 4) is 0 Å². The van der Waals surface area contributed by atoms with Gasteiger partial charge >= 0.3 is 5.97 Å². The van der Waals surface area contributed by atoms with Crippen molar-refractivity contribution in [3.63, 3.8) is 0 Å². The fraction of sp³-hybridized carbons (Fsp3) is 0.455. The molecule has 0 bridgehead atoms. The molecule has 1 aliphatic heterocycles. The van der Waals surface area contributed by atoms with Crippen LogP contribution in [0.4, 0.5) is 5.82 Å². The summed E-state index contributed by atoms with van der Waals surface area (Å²) in [6.45, 7) is 0. The van der Waals surface area contributed by atoms with Gasteiger partial charge in [-0.05, 0) is 34.2 Å². The number of nitrogens with zero attached hydrogens (tertiary/aromatic N) is 2. The lowest BCUT2D eigenvalue weighted by atomic mass is 10.2. The Labute approximate surface area is 113 Å². The van der Waals surface area contributed by atoms with Crippen LogP contribution in [0.2, 0.25) is 0 Å². The van der Waals surface area contributed by atoms with Crippen LogP contribution >= 0.6 is 27.7 Å². The predicted molar refractivity (Wildman–Crippen MR) is 73.0 cm³/mol. The first kappa shape index (κ1) is 12.7. The monoisotopic (exact) mass is 316 g/mol. The summed E-state index contributed by atoms with van der Waals surface area (Å²) in [5.41, 5.74) is 0.249. The molecule has 4 nitrogen and oxygen atoms in total. The van der Waals surface area contributed by atoms with Crippen molar-refractivity contribution in [1.29, 1.82) is 0 Å². The zero-order chi connectivity index (χ0) is 12.4. The van der Waals surface area contributed by atoms with Gasteiger partial charge in [-0.15, -0.1) is 0 Å². The summed E-state index contributed by atoms with van der Waals surface area (Å²) >= 11 is 5.15. The van der Waals surface area contributed by atoms with E-state index in [1.807, 2.05) is 23.7 Å². The normalized spacial score (nSPS) is 19.3. The van der Waals surface area contributed by atoms with Gasteiger partial charge in [0, 0.05) is 29.5 Å². The van der Waals surface area contributed by atoms with Crippen molar-refractivity contribution in [3.05, 3.63) is 22.3 Å². The smallest absolute Gasteiger partial charge is 0.339 e. The molecule has 1 fully saturated rings. The largest absolute Gasteiger partial charge is 0.478 e. The fourth-order valence-electron chi connectivity index (χ4n) is 1.87. The number of carboxylic acids is 1. The molecule has 0 aromatic carbocycles. The van der Waals surface area contributed by atoms with Crippen LogP contribution in [0.3, 0.4) is 0 Å². The number of hydrogen-bond acceptors (Lipinski definition) is 4. The van der Waals surface area contributed by atoms with Gasteiger partial charge < -0.3 is 10.0 Å². The second-order valence-electron chi connectivity index (χ2n) is 3.96. The maximum absolute atomic E-state index is 11.2. The minimum atomic E-state index is -0.939. The lowest BCUT2D eigenvalue weighted by molar-refractivity contribution is 0.0697. The zero-order valence-electron chi connectivity index (χ0n) is 9.39. The molecule has 1 saturated heterocycles. The highest BCUT2D eigenvalue weighted by atomic mass is 79.9. The van der Waals surface area contributed by atoms with Crippen LogP contribution in [0.25, 0.3) is 0 Å². The van der Waals surface area contributed by atoms with Crippen molar-refractivity contribution in [2.75, 3.05) is 23.5 Å². The van der Waals surface area contributed by atoms with Gasteiger partial charge in [-0.3, -0.25) is 0 Å². The van der Waals surface area contributed by atoms with Crippen molar-refractivity contribution in [2.24, 2.45) is 0 Å². The average molecular weight is 317 g/mol. The van der Waals surface area contributed by atoms with Gasteiger partial charge in [0.05, 0.1) is 0 Å². The molecule has 92 valence electrons. The summed E-state index contributed by atoms with van der Waals surface area (Å²) in [6, 6.07) is 1.98. The number of carbonyl (C=O) groups is 1. The molecule has 1 N–H and O–H groups in total. The van der Waals surface area contributed by atoms with E-state index in [-0.39, 0.29) is 5.56 Å². The first-order valence-electron chi connectivity index (χ1n) is 5.29. The summed E-state index contributed by atoms with van der Waals surface area (Å²) in [4.78, 5) is 17.4. The third kappa shape index (κ3) is 2.74. The second-order valence-corrected chi connectivity index (χ2v) is 6.02. The van der Waals surface area contributed by atoms with Crippen LogP contribution in [0.15, 0.2) is 16.7 Å². The third-order valence-electron chi connectivity index (χ3n) is 2.85. The van der Waals surface area contributed by atoms with E-state index >= 15 is 0 Å². The van der Waals surface area contributed by atoms with Gasteiger partial charge in [0.15, 0.2) is 0 Å². The zero-order valence-corrected chi connectivity index (χ0v) is 11.8. The molecule has 6 heteroatoms. The average Bonchev–Trinajstić information content (AvgIpc) is 2.81. The van der Waals surface area contributed by atoms with E-state index in [2.05, 4.69) is 20.9 Å². The van der Waals surface area contributed by atoms with Gasteiger partial charge in [-0.2, -0.15) is 11.8 Å². The Kier molecular flexibility index (Phi) is 3.93. The quantitative estimate of drug-likeness (QED) is 0.928. The Morgan fingerprint density at radius 3 is 3.06 bits per heavy atom. The number of pyridine rings is 1. The summed E-state index contributed by atoms with van der Waals surface area (Å²) < 4.78 is 0.688. The van der Waals surface area contributed by atoms with Crippen LogP contribution in [-0.2, 0) is 0 Å². The van der Waals surface area contributed by atoms with Crippen molar-refractivity contribution in [2.45, 2.75) is 12.5 Å². The van der Waals surface area contributed by atoms with E-state index < -0.39 is 5.97 Å². The molecule has 2 rings (SSSR count). The molecule has 0 spiro atoms. The lowest BCUT2D eigenvalue weighted by Gasteiger charge is -2.26. The maximum atomic E-state index is 11.2. The van der Waals surface area contributed by atoms with Crippen LogP contribution < -0.4 is 4.90 Å². The highest BCUT2D eigenvalue weighted by Gasteiger charge is 2.24. The maximum Gasteiger partial charge on any atom is 0.339 e. The highest BCUT2D eigenvalue weighted by molar-refractivity contribution is 9.10. The standard InChI is InChI=1S/C11H13BrN2O2S/c1-14(8-2-3-17-6-8)10-9(11(15)16)4-7(12)5-13-10/h4-5,8H,2-3,6H2,1H3,(H,15,16). The van der Waals surface area contributed by atoms with Crippen LogP contribution in [0, 0.1) is 0 Å². The molecule has 2 heterocycles. The van der Waals surface area contributed by atoms with Crippen LogP contribution in [-0.4, -0.2) is 40.7 Å². The predicted octanol–water partition coefficient (Wildman–Crippen LogP) is 2.48. The van der Waals surface area contributed by atoms with E-state index in [1.165, 1.54) is 0 Å². The number of thioether (sulfide) groups is 1. The molecule has 1 aromatic rings. The SMILES string of the molecule is CN(c1ncc(Br)cc1C(=O)O)C1CCSC1. The first-order chi connectivity index (χ1) is 8.09. The molecule has 0 saturated carbocycles. The Balaban J connectivity index is 2.33. The molecule has 0 aliphatic carbocycles. The van der Waals surface area contributed by atoms with Crippen molar-refractivity contribution in [1.82, 2.24) is 4.98 Å². The number of anilines is 1. The van der Waals surface area contributed by atoms with Crippen LogP contribution in [0.1, 0.15) is 16.8 Å². The molecule has 17 heavy (non-hydrogen) atoms. The molecular weight excluding hydrogens is 304 g/mol. The summed E-state index contributed by atoms with van der Waals surface area (Å²) in [5, 5.41) is 9.19. The molecule has 1 atom stereocenters. The Hall–Kier alpha value is -0.750. The van der Waals surface area contributed by atoms with Gasteiger partial charge in [-0.25, -0.2) is 9.78 Å². The Morgan fingerprint density at radius 1 is 1.71 bits per heavy atom. The summed E-state index contributed by atoms with van der Waals surface area (Å²) in [6.07, 6.45) is 2.72. The number of aromatic carboxylic acids is 1. The number of rotatable bonds is 3. The summed E-state index contributed by atoms with van der Waals surface area (Å²) in [5.74, 6) is 1.78. The molecule has 0 radical (unpaired) electrons. The summed E-state index contributed by atoms with van der Waals surface area (Å²) in [7, 11) is 1.92. The van der Waals surface area contributed by atoms with E-state index in [0.717, 1.165) is 17.9 Å². The first-order valence-corrected chi connectivity index (χ1v) is 7.24. The van der Waals surface area contributed by atoms with E-state index in [9.17, 15) is 9.90 Å². The number of carboxylic acid groups (broad SMARTS) is 1. The number of hydrogen-bond donors (Lipinski definition) is 1. The fourth-order valence-corrected chi connectivity index (χ4v) is 3.47. The molecule has 1 unspecified atom stereocenters. The third-order valence-corrected chi connectivity index (χ3v) is 4.43. The van der Waals surface area contributed by atoms with E-state index in [0.29, 0.717) is 16.3 Å². The molecule has 1 aliphatic rings. The van der Waals surface area contributed by atoms with E-state index in [4.69, 9.17) is 0 Å². The Morgan fingerprint density at radius 2 is 2.47 bits per heavy atom. The van der Waals surface area contributed by atoms with Crippen molar-refractivity contribution >= 4 is 39.5 Å². The van der Waals surface area contributed by atoms with Gasteiger partial charge in [0.1, 0.15) is 11.4 Å². The van der Waals surface area contributed by atoms with Gasteiger partial charge in [0.25, 0.3) is 0 Å². The van der Waals surface area contributed by atoms with Gasteiger partial charge in [0.2, 0.25) is 0 Å². The molecule has 1 aromatic heterocycles. The Bertz CT molecular complexity index is 435. The highest BCUT2D eigenvalue weighted by Crippen LogP contribution is 2.28. The number of aromatic nitrogens is 1.